The third kappa shape index (κ3) is 1.19. The maximum atomic E-state index is 12.9. The van der Waals surface area contributed by atoms with Crippen LogP contribution in [0.1, 0.15) is 6.92 Å². The predicted molar refractivity (Wildman–Crippen MR) is 51.3 cm³/mol. The lowest BCUT2D eigenvalue weighted by Crippen LogP contribution is -2.67. The van der Waals surface area contributed by atoms with Crippen molar-refractivity contribution < 1.29 is 9.18 Å². The molecule has 3 nitrogen and oxygen atoms in total. The summed E-state index contributed by atoms with van der Waals surface area (Å²) in [4.78, 5) is 12.9. The number of amides is 1. The number of β-lactam (4-membered cyclic amide) rings is 1. The fourth-order valence-corrected chi connectivity index (χ4v) is 1.63. The van der Waals surface area contributed by atoms with Gasteiger partial charge in [0.25, 0.3) is 0 Å². The molecule has 1 amide bonds. The van der Waals surface area contributed by atoms with Crippen LogP contribution >= 0.6 is 0 Å². The Hall–Kier alpha value is -1.42. The van der Waals surface area contributed by atoms with Gasteiger partial charge in [-0.05, 0) is 25.1 Å². The Morgan fingerprint density at radius 3 is 2.79 bits per heavy atom. The highest BCUT2D eigenvalue weighted by Gasteiger charge is 2.42. The molecule has 0 aromatic heterocycles. The highest BCUT2D eigenvalue weighted by molar-refractivity contribution is 6.05. The lowest BCUT2D eigenvalue weighted by atomic mass is 9.97. The fraction of sp³-hybridized carbons (Fsp3) is 0.300. The molecule has 1 aromatic carbocycles. The van der Waals surface area contributed by atoms with Gasteiger partial charge in [-0.25, -0.2) is 4.39 Å². The van der Waals surface area contributed by atoms with Crippen molar-refractivity contribution in [3.8, 4) is 0 Å². The number of nitrogens with zero attached hydrogens (tertiary/aromatic N) is 1. The van der Waals surface area contributed by atoms with Crippen molar-refractivity contribution in [1.82, 2.24) is 0 Å². The second-order valence-electron chi connectivity index (χ2n) is 3.45. The van der Waals surface area contributed by atoms with E-state index in [1.54, 1.807) is 12.1 Å². The van der Waals surface area contributed by atoms with Crippen molar-refractivity contribution in [3.63, 3.8) is 0 Å². The van der Waals surface area contributed by atoms with Crippen LogP contribution in [-0.4, -0.2) is 18.0 Å². The SMILES string of the molecule is C[C@H]1[C@H](N)C(=O)N1c1cccc(F)c1. The van der Waals surface area contributed by atoms with Gasteiger partial charge < -0.3 is 10.6 Å². The minimum atomic E-state index is -0.446. The molecule has 2 rings (SSSR count). The topological polar surface area (TPSA) is 46.3 Å². The van der Waals surface area contributed by atoms with Gasteiger partial charge in [0.1, 0.15) is 11.9 Å². The van der Waals surface area contributed by atoms with Crippen molar-refractivity contribution in [2.45, 2.75) is 19.0 Å². The molecule has 74 valence electrons. The lowest BCUT2D eigenvalue weighted by molar-refractivity contribution is -0.125. The highest BCUT2D eigenvalue weighted by Crippen LogP contribution is 2.26. The van der Waals surface area contributed by atoms with Gasteiger partial charge in [-0.2, -0.15) is 0 Å². The van der Waals surface area contributed by atoms with Crippen molar-refractivity contribution in [1.29, 1.82) is 0 Å². The van der Waals surface area contributed by atoms with Crippen molar-refractivity contribution in [2.24, 2.45) is 5.73 Å². The normalized spacial score (nSPS) is 26.2. The number of carbonyl (C=O) groups excluding carboxylic acids is 1. The first-order valence-electron chi connectivity index (χ1n) is 4.45. The second-order valence-corrected chi connectivity index (χ2v) is 3.45. The van der Waals surface area contributed by atoms with E-state index in [1.807, 2.05) is 6.92 Å². The predicted octanol–water partition coefficient (Wildman–Crippen LogP) is 0.888. The Morgan fingerprint density at radius 1 is 1.50 bits per heavy atom. The van der Waals surface area contributed by atoms with Crippen LogP contribution in [0.4, 0.5) is 10.1 Å². The van der Waals surface area contributed by atoms with E-state index < -0.39 is 6.04 Å². The van der Waals surface area contributed by atoms with E-state index in [1.165, 1.54) is 17.0 Å². The van der Waals surface area contributed by atoms with E-state index in [2.05, 4.69) is 0 Å². The van der Waals surface area contributed by atoms with Crippen LogP contribution in [0.5, 0.6) is 0 Å². The largest absolute Gasteiger partial charge is 0.318 e. The molecule has 1 aliphatic heterocycles. The van der Waals surface area contributed by atoms with Gasteiger partial charge in [-0.1, -0.05) is 6.07 Å². The van der Waals surface area contributed by atoms with E-state index in [-0.39, 0.29) is 17.8 Å². The summed E-state index contributed by atoms with van der Waals surface area (Å²) in [7, 11) is 0. The summed E-state index contributed by atoms with van der Waals surface area (Å²) in [5.74, 6) is -0.494. The summed E-state index contributed by atoms with van der Waals surface area (Å²) >= 11 is 0. The van der Waals surface area contributed by atoms with E-state index in [9.17, 15) is 9.18 Å². The number of carbonyl (C=O) groups is 1. The third-order valence-electron chi connectivity index (χ3n) is 2.54. The quantitative estimate of drug-likeness (QED) is 0.675. The first-order valence-corrected chi connectivity index (χ1v) is 4.45. The Morgan fingerprint density at radius 2 is 2.21 bits per heavy atom. The molecular weight excluding hydrogens is 183 g/mol. The number of hydrogen-bond acceptors (Lipinski definition) is 2. The molecule has 4 heteroatoms. The van der Waals surface area contributed by atoms with Gasteiger partial charge in [0.15, 0.2) is 0 Å². The summed E-state index contributed by atoms with van der Waals surface area (Å²) in [5, 5.41) is 0. The van der Waals surface area contributed by atoms with Crippen molar-refractivity contribution in [2.75, 3.05) is 4.90 Å². The van der Waals surface area contributed by atoms with E-state index >= 15 is 0 Å². The third-order valence-corrected chi connectivity index (χ3v) is 2.54. The molecule has 0 radical (unpaired) electrons. The summed E-state index contributed by atoms with van der Waals surface area (Å²) in [6, 6.07) is 5.46. The van der Waals surface area contributed by atoms with Gasteiger partial charge in [0.05, 0.1) is 6.04 Å². The molecule has 2 N–H and O–H groups in total. The number of hydrogen-bond donors (Lipinski definition) is 1. The van der Waals surface area contributed by atoms with Gasteiger partial charge >= 0.3 is 0 Å². The Balaban J connectivity index is 2.29. The van der Waals surface area contributed by atoms with E-state index in [0.29, 0.717) is 5.69 Å². The molecule has 0 unspecified atom stereocenters. The number of rotatable bonds is 1. The molecule has 1 aliphatic rings. The van der Waals surface area contributed by atoms with Crippen molar-refractivity contribution >= 4 is 11.6 Å². The zero-order chi connectivity index (χ0) is 10.3. The van der Waals surface area contributed by atoms with E-state index in [4.69, 9.17) is 5.73 Å². The monoisotopic (exact) mass is 194 g/mol. The van der Waals surface area contributed by atoms with Crippen LogP contribution in [0.15, 0.2) is 24.3 Å². The number of halogens is 1. The fourth-order valence-electron chi connectivity index (χ4n) is 1.63. The number of nitrogens with two attached hydrogens (primary N) is 1. The Bertz CT molecular complexity index is 380. The zero-order valence-electron chi connectivity index (χ0n) is 7.77. The Kier molecular flexibility index (Phi) is 2.00. The molecule has 0 saturated carbocycles. The Labute approximate surface area is 81.3 Å². The summed E-state index contributed by atoms with van der Waals surface area (Å²) in [6.07, 6.45) is 0. The molecule has 1 heterocycles. The first kappa shape index (κ1) is 9.15. The number of benzene rings is 1. The molecule has 1 fully saturated rings. The number of anilines is 1. The summed E-state index contributed by atoms with van der Waals surface area (Å²) in [6.45, 7) is 1.84. The average molecular weight is 194 g/mol. The highest BCUT2D eigenvalue weighted by atomic mass is 19.1. The maximum absolute atomic E-state index is 12.9. The smallest absolute Gasteiger partial charge is 0.246 e. The van der Waals surface area contributed by atoms with Gasteiger partial charge in [0.2, 0.25) is 5.91 Å². The van der Waals surface area contributed by atoms with Crippen molar-refractivity contribution in [3.05, 3.63) is 30.1 Å². The van der Waals surface area contributed by atoms with Crippen LogP contribution in [0.3, 0.4) is 0 Å². The molecule has 1 saturated heterocycles. The van der Waals surface area contributed by atoms with Crippen LogP contribution < -0.4 is 10.6 Å². The van der Waals surface area contributed by atoms with Gasteiger partial charge in [-0.3, -0.25) is 4.79 Å². The minimum absolute atomic E-state index is 0.0516. The van der Waals surface area contributed by atoms with Crippen LogP contribution in [0.25, 0.3) is 0 Å². The maximum Gasteiger partial charge on any atom is 0.246 e. The second kappa shape index (κ2) is 3.06. The van der Waals surface area contributed by atoms with Crippen LogP contribution in [-0.2, 0) is 4.79 Å². The minimum Gasteiger partial charge on any atom is -0.318 e. The zero-order valence-corrected chi connectivity index (χ0v) is 7.77. The van der Waals surface area contributed by atoms with E-state index in [0.717, 1.165) is 0 Å². The standard InChI is InChI=1S/C10H11FN2O/c1-6-9(12)10(14)13(6)8-4-2-3-7(11)5-8/h2-6,9H,12H2,1H3/t6-,9-/m0/s1. The lowest BCUT2D eigenvalue weighted by Gasteiger charge is -2.43. The molecule has 1 aromatic rings. The average Bonchev–Trinajstić information content (AvgIpc) is 2.18. The molecule has 0 aliphatic carbocycles. The van der Waals surface area contributed by atoms with Gasteiger partial charge in [0, 0.05) is 5.69 Å². The summed E-state index contributed by atoms with van der Waals surface area (Å²) < 4.78 is 12.9. The molecule has 0 spiro atoms. The van der Waals surface area contributed by atoms with Gasteiger partial charge in [-0.15, -0.1) is 0 Å². The molecule has 0 bridgehead atoms. The molecule has 14 heavy (non-hydrogen) atoms. The first-order chi connectivity index (χ1) is 6.61. The summed E-state index contributed by atoms with van der Waals surface area (Å²) in [5.41, 5.74) is 6.12. The molecule has 2 atom stereocenters. The van der Waals surface area contributed by atoms with Crippen LogP contribution in [0.2, 0.25) is 0 Å². The van der Waals surface area contributed by atoms with Crippen LogP contribution in [0, 0.1) is 5.82 Å². The molecular formula is C10H11FN2O.